The van der Waals surface area contributed by atoms with E-state index >= 15 is 0 Å². The van der Waals surface area contributed by atoms with E-state index in [-0.39, 0.29) is 6.03 Å². The van der Waals surface area contributed by atoms with Gasteiger partial charge >= 0.3 is 6.03 Å². The molecular formula is C13H22N4OS. The predicted octanol–water partition coefficient (Wildman–Crippen LogP) is 1.50. The molecule has 2 heterocycles. The minimum atomic E-state index is -0.0580. The lowest BCUT2D eigenvalue weighted by Gasteiger charge is -2.24. The number of hydrogen-bond acceptors (Lipinski definition) is 3. The van der Waals surface area contributed by atoms with Crippen LogP contribution in [0.15, 0.2) is 12.4 Å². The molecule has 5 nitrogen and oxygen atoms in total. The molecule has 0 spiro atoms. The fourth-order valence-electron chi connectivity index (χ4n) is 2.22. The van der Waals surface area contributed by atoms with Crippen molar-refractivity contribution in [2.75, 3.05) is 19.3 Å². The topological polar surface area (TPSA) is 59.0 Å². The van der Waals surface area contributed by atoms with Gasteiger partial charge in [0.1, 0.15) is 5.82 Å². The number of imidazole rings is 1. The summed E-state index contributed by atoms with van der Waals surface area (Å²) in [5.74, 6) is 1.67. The van der Waals surface area contributed by atoms with Crippen LogP contribution in [0.4, 0.5) is 4.79 Å². The standard InChI is InChI=1S/C13H22N4OS/c1-10(19-2)7-15-13(18)16-8-11-3-4-12-14-5-6-17(12)9-11/h5-6,10-11H,3-4,7-9H2,1-2H3,(H2,15,16,18)/t10-,11-/m0/s1. The third-order valence-corrected chi connectivity index (χ3v) is 4.51. The van der Waals surface area contributed by atoms with E-state index in [1.54, 1.807) is 11.8 Å². The van der Waals surface area contributed by atoms with Crippen molar-refractivity contribution in [3.05, 3.63) is 18.2 Å². The first kappa shape index (κ1) is 14.2. The number of aryl methyl sites for hydroxylation is 1. The highest BCUT2D eigenvalue weighted by atomic mass is 32.2. The molecule has 0 aliphatic carbocycles. The Labute approximate surface area is 118 Å². The molecule has 0 radical (unpaired) electrons. The van der Waals surface area contributed by atoms with Crippen LogP contribution in [0, 0.1) is 5.92 Å². The Kier molecular flexibility index (Phi) is 5.13. The molecule has 0 saturated carbocycles. The minimum Gasteiger partial charge on any atom is -0.338 e. The van der Waals surface area contributed by atoms with Gasteiger partial charge in [-0.25, -0.2) is 9.78 Å². The van der Waals surface area contributed by atoms with E-state index < -0.39 is 0 Å². The Bertz CT molecular complexity index is 421. The van der Waals surface area contributed by atoms with Crippen LogP contribution in [0.2, 0.25) is 0 Å². The minimum absolute atomic E-state index is 0.0580. The first-order chi connectivity index (χ1) is 9.19. The van der Waals surface area contributed by atoms with Crippen molar-refractivity contribution in [3.63, 3.8) is 0 Å². The number of aromatic nitrogens is 2. The summed E-state index contributed by atoms with van der Waals surface area (Å²) in [4.78, 5) is 16.0. The summed E-state index contributed by atoms with van der Waals surface area (Å²) in [6.45, 7) is 4.50. The van der Waals surface area contributed by atoms with E-state index in [0.717, 1.165) is 31.8 Å². The Morgan fingerprint density at radius 3 is 3.26 bits per heavy atom. The molecule has 1 aliphatic heterocycles. The average Bonchev–Trinajstić information content (AvgIpc) is 2.89. The van der Waals surface area contributed by atoms with Crippen molar-refractivity contribution in [1.29, 1.82) is 0 Å². The number of fused-ring (bicyclic) bond motifs is 1. The second-order valence-electron chi connectivity index (χ2n) is 5.04. The number of nitrogens with one attached hydrogen (secondary N) is 2. The molecule has 0 fully saturated rings. The Balaban J connectivity index is 1.68. The van der Waals surface area contributed by atoms with Gasteiger partial charge in [-0.2, -0.15) is 11.8 Å². The fourth-order valence-corrected chi connectivity index (χ4v) is 2.47. The number of carbonyl (C=O) groups excluding carboxylic acids is 1. The summed E-state index contributed by atoms with van der Waals surface area (Å²) in [5.41, 5.74) is 0. The Hall–Kier alpha value is -1.17. The summed E-state index contributed by atoms with van der Waals surface area (Å²) >= 11 is 1.75. The van der Waals surface area contributed by atoms with Gasteiger partial charge in [-0.15, -0.1) is 0 Å². The van der Waals surface area contributed by atoms with Crippen molar-refractivity contribution in [1.82, 2.24) is 20.2 Å². The first-order valence-corrected chi connectivity index (χ1v) is 8.02. The maximum Gasteiger partial charge on any atom is 0.314 e. The number of nitrogens with zero attached hydrogens (tertiary/aromatic N) is 2. The highest BCUT2D eigenvalue weighted by Gasteiger charge is 2.19. The average molecular weight is 282 g/mol. The summed E-state index contributed by atoms with van der Waals surface area (Å²) in [6, 6.07) is -0.0580. The van der Waals surface area contributed by atoms with E-state index in [9.17, 15) is 4.79 Å². The second-order valence-corrected chi connectivity index (χ2v) is 6.31. The maximum absolute atomic E-state index is 11.7. The van der Waals surface area contributed by atoms with Gasteiger partial charge in [0.05, 0.1) is 0 Å². The van der Waals surface area contributed by atoms with Gasteiger partial charge in [-0.05, 0) is 18.6 Å². The number of hydrogen-bond donors (Lipinski definition) is 2. The highest BCUT2D eigenvalue weighted by Crippen LogP contribution is 2.17. The Morgan fingerprint density at radius 1 is 1.63 bits per heavy atom. The third-order valence-electron chi connectivity index (χ3n) is 3.54. The van der Waals surface area contributed by atoms with E-state index in [0.29, 0.717) is 17.7 Å². The molecule has 0 unspecified atom stereocenters. The summed E-state index contributed by atoms with van der Waals surface area (Å²) < 4.78 is 2.18. The molecule has 2 amide bonds. The molecule has 0 saturated heterocycles. The normalized spacial score (nSPS) is 19.6. The molecule has 6 heteroatoms. The smallest absolute Gasteiger partial charge is 0.314 e. The fraction of sp³-hybridized carbons (Fsp3) is 0.692. The number of urea groups is 1. The Morgan fingerprint density at radius 2 is 2.47 bits per heavy atom. The monoisotopic (exact) mass is 282 g/mol. The van der Waals surface area contributed by atoms with Crippen LogP contribution < -0.4 is 10.6 Å². The number of rotatable bonds is 5. The molecular weight excluding hydrogens is 260 g/mol. The van der Waals surface area contributed by atoms with Gasteiger partial charge in [0.2, 0.25) is 0 Å². The van der Waals surface area contributed by atoms with Crippen LogP contribution >= 0.6 is 11.8 Å². The molecule has 0 bridgehead atoms. The van der Waals surface area contributed by atoms with Gasteiger partial charge in [0, 0.05) is 43.7 Å². The van der Waals surface area contributed by atoms with Crippen molar-refractivity contribution in [2.24, 2.45) is 5.92 Å². The molecule has 1 aromatic rings. The lowest BCUT2D eigenvalue weighted by Crippen LogP contribution is -2.41. The highest BCUT2D eigenvalue weighted by molar-refractivity contribution is 7.99. The van der Waals surface area contributed by atoms with Crippen LogP contribution in [-0.2, 0) is 13.0 Å². The molecule has 1 aliphatic rings. The van der Waals surface area contributed by atoms with Crippen molar-refractivity contribution in [2.45, 2.75) is 31.6 Å². The van der Waals surface area contributed by atoms with Crippen molar-refractivity contribution < 1.29 is 4.79 Å². The quantitative estimate of drug-likeness (QED) is 0.860. The van der Waals surface area contributed by atoms with Gasteiger partial charge in [-0.3, -0.25) is 0 Å². The van der Waals surface area contributed by atoms with E-state index in [4.69, 9.17) is 0 Å². The first-order valence-electron chi connectivity index (χ1n) is 6.73. The van der Waals surface area contributed by atoms with E-state index in [1.807, 2.05) is 12.4 Å². The van der Waals surface area contributed by atoms with Gasteiger partial charge in [0.15, 0.2) is 0 Å². The van der Waals surface area contributed by atoms with Crippen molar-refractivity contribution >= 4 is 17.8 Å². The number of carbonyl (C=O) groups is 1. The molecule has 2 N–H and O–H groups in total. The summed E-state index contributed by atoms with van der Waals surface area (Å²) in [5, 5.41) is 6.31. The van der Waals surface area contributed by atoms with Crippen LogP contribution in [0.3, 0.4) is 0 Å². The van der Waals surface area contributed by atoms with Crippen LogP contribution in [0.1, 0.15) is 19.2 Å². The zero-order valence-corrected chi connectivity index (χ0v) is 12.4. The molecule has 106 valence electrons. The summed E-state index contributed by atoms with van der Waals surface area (Å²) in [7, 11) is 0. The maximum atomic E-state index is 11.7. The lowest BCUT2D eigenvalue weighted by molar-refractivity contribution is 0.236. The third kappa shape index (κ3) is 4.16. The van der Waals surface area contributed by atoms with Crippen molar-refractivity contribution in [3.8, 4) is 0 Å². The number of amides is 2. The van der Waals surface area contributed by atoms with E-state index in [2.05, 4.69) is 33.4 Å². The van der Waals surface area contributed by atoms with Gasteiger partial charge < -0.3 is 15.2 Å². The van der Waals surface area contributed by atoms with Gasteiger partial charge in [0.25, 0.3) is 0 Å². The molecule has 2 rings (SSSR count). The zero-order valence-electron chi connectivity index (χ0n) is 11.6. The predicted molar refractivity (Wildman–Crippen MR) is 78.4 cm³/mol. The van der Waals surface area contributed by atoms with Crippen LogP contribution in [-0.4, -0.2) is 40.2 Å². The molecule has 0 aromatic carbocycles. The second kappa shape index (κ2) is 6.84. The molecule has 2 atom stereocenters. The molecule has 1 aromatic heterocycles. The van der Waals surface area contributed by atoms with Crippen LogP contribution in [0.5, 0.6) is 0 Å². The van der Waals surface area contributed by atoms with E-state index in [1.165, 1.54) is 0 Å². The number of thioether (sulfide) groups is 1. The largest absolute Gasteiger partial charge is 0.338 e. The van der Waals surface area contributed by atoms with Gasteiger partial charge in [-0.1, -0.05) is 6.92 Å². The summed E-state index contributed by atoms with van der Waals surface area (Å²) in [6.07, 6.45) is 8.02. The van der Waals surface area contributed by atoms with Crippen LogP contribution in [0.25, 0.3) is 0 Å². The lowest BCUT2D eigenvalue weighted by atomic mass is 9.99. The molecule has 19 heavy (non-hydrogen) atoms. The zero-order chi connectivity index (χ0) is 13.7. The SMILES string of the molecule is CS[C@@H](C)CNC(=O)NC[C@@H]1CCc2nccn2C1.